The third-order valence-electron chi connectivity index (χ3n) is 0. The van der Waals surface area contributed by atoms with Gasteiger partial charge >= 0.3 is 29.6 Å². The summed E-state index contributed by atoms with van der Waals surface area (Å²) in [5.41, 5.74) is 0. The van der Waals surface area contributed by atoms with E-state index in [1.165, 1.54) is 0 Å². The van der Waals surface area contributed by atoms with Crippen LogP contribution in [-0.4, -0.2) is 30.3 Å². The molecule has 0 radical (unpaired) electrons. The molecule has 0 heterocycles. The fourth-order valence-corrected chi connectivity index (χ4v) is 0. The molecule has 0 aliphatic carbocycles. The average molecular weight is 110 g/mol. The van der Waals surface area contributed by atoms with Crippen molar-refractivity contribution in [3.05, 3.63) is 0 Å². The van der Waals surface area contributed by atoms with Crippen LogP contribution >= 0.6 is 0 Å². The first-order chi connectivity index (χ1) is 0. The van der Waals surface area contributed by atoms with Gasteiger partial charge < -0.3 is 21.9 Å². The van der Waals surface area contributed by atoms with Gasteiger partial charge in [-0.05, 0) is 0 Å². The third-order valence-corrected chi connectivity index (χ3v) is 0. The van der Waals surface area contributed by atoms with Crippen molar-refractivity contribution >= 4 is 8.41 Å². The average Bonchev–Trinajstić information content (AvgIpc) is 0. The van der Waals surface area contributed by atoms with Crippen molar-refractivity contribution in [1.29, 1.82) is 0 Å². The zero-order chi connectivity index (χ0) is 0. The molecular weight excluding hydrogens is 97.8 g/mol. The van der Waals surface area contributed by atoms with Gasteiger partial charge in [0.1, 0.15) is 0 Å². The van der Waals surface area contributed by atoms with Crippen LogP contribution in [0.4, 0.5) is 0 Å². The van der Waals surface area contributed by atoms with Gasteiger partial charge in [0.2, 0.25) is 0 Å². The molecule has 0 aromatic rings. The van der Waals surface area contributed by atoms with Crippen LogP contribution in [0.2, 0.25) is 0 Å². The topological polar surface area (TPSA) is 126 Å². The standard InChI is InChI=1S/BH4.Na.4H2O/h1H4;;4*1H2/q-1;+1;;;;. The first kappa shape index (κ1) is 294. The molecular formula is H12BNaO4. The largest absolute Gasteiger partial charge is 1.00 e. The second-order valence-corrected chi connectivity index (χ2v) is 0. The molecule has 0 aromatic heterocycles. The molecule has 0 aromatic carbocycles. The van der Waals surface area contributed by atoms with Gasteiger partial charge in [-0.15, -0.1) is 0 Å². The molecule has 0 aliphatic rings. The molecule has 0 rings (SSSR count). The monoisotopic (exact) mass is 110 g/mol. The maximum Gasteiger partial charge on any atom is 1.00 e. The molecule has 0 saturated carbocycles. The van der Waals surface area contributed by atoms with Crippen LogP contribution in [0.25, 0.3) is 0 Å². The second-order valence-electron chi connectivity index (χ2n) is 0. The molecule has 6 heteroatoms. The minimum absolute atomic E-state index is 0. The summed E-state index contributed by atoms with van der Waals surface area (Å²) in [6.07, 6.45) is 0. The van der Waals surface area contributed by atoms with Crippen molar-refractivity contribution in [2.75, 3.05) is 0 Å². The third kappa shape index (κ3) is 91.3. The zero-order valence-corrected chi connectivity index (χ0v) is 5.00. The Kier molecular flexibility index (Phi) is 8500. The van der Waals surface area contributed by atoms with E-state index in [-0.39, 0.29) is 59.9 Å². The van der Waals surface area contributed by atoms with Crippen LogP contribution in [0.3, 0.4) is 0 Å². The first-order valence-corrected chi connectivity index (χ1v) is 0. The Morgan fingerprint density at radius 3 is 0.500 bits per heavy atom. The van der Waals surface area contributed by atoms with Gasteiger partial charge in [0, 0.05) is 0 Å². The van der Waals surface area contributed by atoms with Crippen LogP contribution in [0.15, 0.2) is 0 Å². The fourth-order valence-electron chi connectivity index (χ4n) is 0. The molecule has 0 bridgehead atoms. The predicted molar refractivity (Wildman–Crippen MR) is 25.8 cm³/mol. The molecule has 0 amide bonds. The van der Waals surface area contributed by atoms with E-state index in [4.69, 9.17) is 0 Å². The van der Waals surface area contributed by atoms with Crippen LogP contribution in [-0.2, 0) is 0 Å². The van der Waals surface area contributed by atoms with E-state index in [2.05, 4.69) is 0 Å². The Morgan fingerprint density at radius 1 is 0.500 bits per heavy atom. The van der Waals surface area contributed by atoms with Crippen molar-refractivity contribution < 1.29 is 51.5 Å². The van der Waals surface area contributed by atoms with Gasteiger partial charge in [-0.3, -0.25) is 0 Å². The minimum atomic E-state index is 0. The summed E-state index contributed by atoms with van der Waals surface area (Å²) in [5.74, 6) is 0. The molecule has 40 valence electrons. The molecule has 0 saturated heterocycles. The van der Waals surface area contributed by atoms with Crippen molar-refractivity contribution in [1.82, 2.24) is 0 Å². The summed E-state index contributed by atoms with van der Waals surface area (Å²) in [4.78, 5) is 0. The maximum atomic E-state index is 0. The Morgan fingerprint density at radius 2 is 0.500 bits per heavy atom. The van der Waals surface area contributed by atoms with E-state index in [1.54, 1.807) is 0 Å². The molecule has 6 heavy (non-hydrogen) atoms. The predicted octanol–water partition coefficient (Wildman–Crippen LogP) is -7.75. The Hall–Kier alpha value is 0.905. The minimum Gasteiger partial charge on any atom is -0.412 e. The second kappa shape index (κ2) is 173. The number of hydrogen-bond acceptors (Lipinski definition) is 0. The summed E-state index contributed by atoms with van der Waals surface area (Å²) in [6, 6.07) is 0. The molecule has 8 N–H and O–H groups in total. The normalized spacial score (nSPS) is 0. The number of rotatable bonds is 0. The van der Waals surface area contributed by atoms with Crippen LogP contribution < -0.4 is 29.6 Å². The molecule has 0 aliphatic heterocycles. The van der Waals surface area contributed by atoms with Gasteiger partial charge in [-0.25, -0.2) is 0 Å². The molecule has 4 nitrogen and oxygen atoms in total. The van der Waals surface area contributed by atoms with Crippen molar-refractivity contribution in [3.63, 3.8) is 0 Å². The summed E-state index contributed by atoms with van der Waals surface area (Å²) < 4.78 is 0. The zero-order valence-electron chi connectivity index (χ0n) is 3.00. The number of hydrogen-bond donors (Lipinski definition) is 0. The van der Waals surface area contributed by atoms with E-state index in [0.717, 1.165) is 0 Å². The SMILES string of the molecule is O.O.O.O.[BH4-].[Na+]. The smallest absolute Gasteiger partial charge is 0.412 e. The Balaban J connectivity index is 0. The van der Waals surface area contributed by atoms with Crippen LogP contribution in [0, 0.1) is 0 Å². The molecule has 0 unspecified atom stereocenters. The molecule has 0 atom stereocenters. The summed E-state index contributed by atoms with van der Waals surface area (Å²) >= 11 is 0. The van der Waals surface area contributed by atoms with Crippen LogP contribution in [0.1, 0.15) is 0 Å². The Bertz CT molecular complexity index is 7.51. The molecule has 0 fully saturated rings. The van der Waals surface area contributed by atoms with E-state index >= 15 is 0 Å². The summed E-state index contributed by atoms with van der Waals surface area (Å²) in [5, 5.41) is 0. The van der Waals surface area contributed by atoms with E-state index in [9.17, 15) is 0 Å². The molecule has 0 spiro atoms. The summed E-state index contributed by atoms with van der Waals surface area (Å²) in [6.45, 7) is 0. The van der Waals surface area contributed by atoms with E-state index in [1.807, 2.05) is 0 Å². The maximum absolute atomic E-state index is 0. The van der Waals surface area contributed by atoms with Crippen molar-refractivity contribution in [3.8, 4) is 0 Å². The van der Waals surface area contributed by atoms with E-state index in [0.29, 0.717) is 0 Å². The van der Waals surface area contributed by atoms with Gasteiger partial charge in [-0.2, -0.15) is 0 Å². The van der Waals surface area contributed by atoms with Gasteiger partial charge in [0.05, 0.1) is 0 Å². The Labute approximate surface area is 60.0 Å². The quantitative estimate of drug-likeness (QED) is 0.274. The van der Waals surface area contributed by atoms with Crippen LogP contribution in [0.5, 0.6) is 0 Å². The first-order valence-electron chi connectivity index (χ1n) is 0. The van der Waals surface area contributed by atoms with Crippen molar-refractivity contribution in [2.24, 2.45) is 0 Å². The van der Waals surface area contributed by atoms with Crippen molar-refractivity contribution in [2.45, 2.75) is 0 Å². The van der Waals surface area contributed by atoms with E-state index < -0.39 is 0 Å². The fraction of sp³-hybridized carbons (Fsp3) is 0. The van der Waals surface area contributed by atoms with Gasteiger partial charge in [-0.1, -0.05) is 8.41 Å². The van der Waals surface area contributed by atoms with Gasteiger partial charge in [0.25, 0.3) is 0 Å². The summed E-state index contributed by atoms with van der Waals surface area (Å²) in [7, 11) is 0. The van der Waals surface area contributed by atoms with Gasteiger partial charge in [0.15, 0.2) is 0 Å².